The van der Waals surface area contributed by atoms with Crippen molar-refractivity contribution in [2.45, 2.75) is 6.42 Å². The van der Waals surface area contributed by atoms with Gasteiger partial charge in [-0.05, 0) is 24.1 Å². The number of benzene rings is 1. The van der Waals surface area contributed by atoms with E-state index in [2.05, 4.69) is 15.3 Å². The maximum Gasteiger partial charge on any atom is 0.270 e. The Balaban J connectivity index is 1.86. The summed E-state index contributed by atoms with van der Waals surface area (Å²) >= 11 is 0. The van der Waals surface area contributed by atoms with Gasteiger partial charge in [0.15, 0.2) is 0 Å². The number of anilines is 1. The Morgan fingerprint density at radius 1 is 1.26 bits per heavy atom. The molecule has 0 saturated heterocycles. The van der Waals surface area contributed by atoms with Crippen molar-refractivity contribution in [3.8, 4) is 0 Å². The van der Waals surface area contributed by atoms with E-state index < -0.39 is 0 Å². The first-order valence-corrected chi connectivity index (χ1v) is 5.75. The zero-order valence-electron chi connectivity index (χ0n) is 10.1. The summed E-state index contributed by atoms with van der Waals surface area (Å²) in [6.07, 6.45) is 1.86. The van der Waals surface area contributed by atoms with Crippen LogP contribution in [0.3, 0.4) is 0 Å². The summed E-state index contributed by atoms with van der Waals surface area (Å²) < 4.78 is 12.7. The first kappa shape index (κ1) is 12.9. The van der Waals surface area contributed by atoms with Gasteiger partial charge in [0.05, 0.1) is 0 Å². The number of aromatic nitrogens is 2. The minimum Gasteiger partial charge on any atom is -0.384 e. The maximum atomic E-state index is 12.7. The van der Waals surface area contributed by atoms with Crippen LogP contribution in [0, 0.1) is 5.82 Å². The molecule has 6 heteroatoms. The lowest BCUT2D eigenvalue weighted by atomic mass is 10.1. The number of rotatable bonds is 4. The minimum absolute atomic E-state index is 0.228. The highest BCUT2D eigenvalue weighted by molar-refractivity contribution is 5.92. The molecule has 0 fully saturated rings. The fourth-order valence-electron chi connectivity index (χ4n) is 1.56. The molecule has 3 N–H and O–H groups in total. The SMILES string of the molecule is Nc1cc(C(=O)NCCc2ccc(F)cc2)ncn1. The molecule has 0 radical (unpaired) electrons. The zero-order valence-corrected chi connectivity index (χ0v) is 10.1. The average molecular weight is 260 g/mol. The number of nitrogens with zero attached hydrogens (tertiary/aromatic N) is 2. The van der Waals surface area contributed by atoms with Crippen LogP contribution in [0.5, 0.6) is 0 Å². The van der Waals surface area contributed by atoms with Gasteiger partial charge in [0.2, 0.25) is 0 Å². The number of carbonyl (C=O) groups excluding carboxylic acids is 1. The van der Waals surface area contributed by atoms with Crippen molar-refractivity contribution < 1.29 is 9.18 Å². The van der Waals surface area contributed by atoms with Gasteiger partial charge >= 0.3 is 0 Å². The van der Waals surface area contributed by atoms with Crippen molar-refractivity contribution in [2.75, 3.05) is 12.3 Å². The molecule has 1 aromatic heterocycles. The molecule has 0 aliphatic carbocycles. The lowest BCUT2D eigenvalue weighted by molar-refractivity contribution is 0.0949. The molecule has 2 rings (SSSR count). The second-order valence-corrected chi connectivity index (χ2v) is 3.96. The summed E-state index contributed by atoms with van der Waals surface area (Å²) in [4.78, 5) is 19.3. The smallest absolute Gasteiger partial charge is 0.270 e. The van der Waals surface area contributed by atoms with Gasteiger partial charge in [-0.2, -0.15) is 0 Å². The summed E-state index contributed by atoms with van der Waals surface area (Å²) in [6, 6.07) is 7.56. The van der Waals surface area contributed by atoms with Gasteiger partial charge in [0.1, 0.15) is 23.7 Å². The van der Waals surface area contributed by atoms with E-state index in [1.807, 2.05) is 0 Å². The maximum absolute atomic E-state index is 12.7. The largest absolute Gasteiger partial charge is 0.384 e. The van der Waals surface area contributed by atoms with Crippen molar-refractivity contribution in [2.24, 2.45) is 0 Å². The lowest BCUT2D eigenvalue weighted by Crippen LogP contribution is -2.26. The van der Waals surface area contributed by atoms with Gasteiger partial charge in [0.25, 0.3) is 5.91 Å². The minimum atomic E-state index is -0.309. The van der Waals surface area contributed by atoms with Crippen LogP contribution in [0.2, 0.25) is 0 Å². The van der Waals surface area contributed by atoms with Crippen molar-refractivity contribution in [1.82, 2.24) is 15.3 Å². The van der Waals surface area contributed by atoms with Crippen molar-refractivity contribution in [3.05, 3.63) is 53.7 Å². The Kier molecular flexibility index (Phi) is 4.02. The number of nitrogens with two attached hydrogens (primary N) is 1. The van der Waals surface area contributed by atoms with Crippen LogP contribution in [-0.4, -0.2) is 22.4 Å². The Hall–Kier alpha value is -2.50. The van der Waals surface area contributed by atoms with E-state index in [9.17, 15) is 9.18 Å². The summed E-state index contributed by atoms with van der Waals surface area (Å²) in [7, 11) is 0. The quantitative estimate of drug-likeness (QED) is 0.864. The Morgan fingerprint density at radius 2 is 2.00 bits per heavy atom. The normalized spacial score (nSPS) is 10.2. The van der Waals surface area contributed by atoms with Crippen molar-refractivity contribution in [1.29, 1.82) is 0 Å². The Morgan fingerprint density at radius 3 is 2.68 bits per heavy atom. The molecule has 2 aromatic rings. The fraction of sp³-hybridized carbons (Fsp3) is 0.154. The predicted molar refractivity (Wildman–Crippen MR) is 68.9 cm³/mol. The predicted octanol–water partition coefficient (Wildman–Crippen LogP) is 1.17. The highest BCUT2D eigenvalue weighted by Crippen LogP contribution is 2.03. The van der Waals surface area contributed by atoms with Crippen LogP contribution in [0.15, 0.2) is 36.7 Å². The van der Waals surface area contributed by atoms with Crippen LogP contribution in [0.4, 0.5) is 10.2 Å². The van der Waals surface area contributed by atoms with Gasteiger partial charge in [0, 0.05) is 12.6 Å². The second kappa shape index (κ2) is 5.90. The first-order chi connectivity index (χ1) is 9.15. The van der Waals surface area contributed by atoms with Crippen molar-refractivity contribution in [3.63, 3.8) is 0 Å². The molecule has 19 heavy (non-hydrogen) atoms. The number of carbonyl (C=O) groups is 1. The molecule has 0 aliphatic heterocycles. The van der Waals surface area contributed by atoms with E-state index in [0.29, 0.717) is 13.0 Å². The summed E-state index contributed by atoms with van der Waals surface area (Å²) in [5.74, 6) is -0.334. The van der Waals surface area contributed by atoms with Crippen molar-refractivity contribution >= 4 is 11.7 Å². The number of amides is 1. The molecule has 0 bridgehead atoms. The highest BCUT2D eigenvalue weighted by Gasteiger charge is 2.06. The van der Waals surface area contributed by atoms with E-state index in [4.69, 9.17) is 5.73 Å². The zero-order chi connectivity index (χ0) is 13.7. The fourth-order valence-corrected chi connectivity index (χ4v) is 1.56. The molecule has 0 atom stereocenters. The molecule has 0 spiro atoms. The molecule has 0 aliphatic rings. The molecule has 1 amide bonds. The first-order valence-electron chi connectivity index (χ1n) is 5.75. The third-order valence-electron chi connectivity index (χ3n) is 2.53. The summed E-state index contributed by atoms with van der Waals surface area (Å²) in [6.45, 7) is 0.439. The Bertz CT molecular complexity index is 571. The van der Waals surface area contributed by atoms with E-state index in [0.717, 1.165) is 5.56 Å². The standard InChI is InChI=1S/C13H13FN4O/c14-10-3-1-9(2-4-10)5-6-16-13(19)11-7-12(15)18-8-17-11/h1-4,7-8H,5-6H2,(H,16,19)(H2,15,17,18). The highest BCUT2D eigenvalue weighted by atomic mass is 19.1. The molecule has 0 saturated carbocycles. The van der Waals surface area contributed by atoms with Crippen LogP contribution in [-0.2, 0) is 6.42 Å². The van der Waals surface area contributed by atoms with Crippen LogP contribution in [0.1, 0.15) is 16.1 Å². The molecule has 1 heterocycles. The number of hydrogen-bond donors (Lipinski definition) is 2. The van der Waals surface area contributed by atoms with Crippen LogP contribution in [0.25, 0.3) is 0 Å². The number of nitrogen functional groups attached to an aromatic ring is 1. The Labute approximate surface area is 109 Å². The summed E-state index contributed by atoms with van der Waals surface area (Å²) in [5.41, 5.74) is 6.64. The van der Waals surface area contributed by atoms with Crippen LogP contribution < -0.4 is 11.1 Å². The van der Waals surface area contributed by atoms with Gasteiger partial charge in [-0.15, -0.1) is 0 Å². The monoisotopic (exact) mass is 260 g/mol. The molecule has 1 aromatic carbocycles. The third-order valence-corrected chi connectivity index (χ3v) is 2.53. The summed E-state index contributed by atoms with van der Waals surface area (Å²) in [5, 5.41) is 2.71. The van der Waals surface area contributed by atoms with E-state index in [-0.39, 0.29) is 23.2 Å². The average Bonchev–Trinajstić information content (AvgIpc) is 2.41. The number of hydrogen-bond acceptors (Lipinski definition) is 4. The number of halogens is 1. The van der Waals surface area contributed by atoms with Gasteiger partial charge in [-0.3, -0.25) is 4.79 Å². The molecular weight excluding hydrogens is 247 g/mol. The topological polar surface area (TPSA) is 80.9 Å². The number of nitrogens with one attached hydrogen (secondary N) is 1. The molecular formula is C13H13FN4O. The molecule has 98 valence electrons. The lowest BCUT2D eigenvalue weighted by Gasteiger charge is -2.05. The third kappa shape index (κ3) is 3.74. The van der Waals surface area contributed by atoms with Gasteiger partial charge in [-0.1, -0.05) is 12.1 Å². The van der Waals surface area contributed by atoms with Gasteiger partial charge < -0.3 is 11.1 Å². The van der Waals surface area contributed by atoms with Crippen LogP contribution >= 0.6 is 0 Å². The van der Waals surface area contributed by atoms with E-state index in [1.165, 1.54) is 24.5 Å². The van der Waals surface area contributed by atoms with E-state index in [1.54, 1.807) is 12.1 Å². The second-order valence-electron chi connectivity index (χ2n) is 3.96. The molecule has 0 unspecified atom stereocenters. The van der Waals surface area contributed by atoms with Gasteiger partial charge in [-0.25, -0.2) is 14.4 Å². The van der Waals surface area contributed by atoms with E-state index >= 15 is 0 Å². The molecule has 5 nitrogen and oxygen atoms in total.